The van der Waals surface area contributed by atoms with Crippen LogP contribution in [0.25, 0.3) is 22.1 Å². The van der Waals surface area contributed by atoms with Crippen LogP contribution in [0.1, 0.15) is 68.5 Å². The number of piperazine rings is 1. The number of nitrogens with one attached hydrogen (secondary N) is 4. The number of carbonyl (C=O) groups is 2. The van der Waals surface area contributed by atoms with Crippen LogP contribution in [0.4, 0.5) is 34.5 Å². The van der Waals surface area contributed by atoms with E-state index < -0.39 is 22.0 Å². The number of carbonyl (C=O) groups excluding carboxylic acids is 2. The van der Waals surface area contributed by atoms with Crippen LogP contribution in [0, 0.1) is 0 Å². The molecule has 6 heterocycles. The summed E-state index contributed by atoms with van der Waals surface area (Å²) in [6.45, 7) is 9.19. The fourth-order valence-electron chi connectivity index (χ4n) is 10.3. The fraction of sp³-hybridized carbons (Fsp3) is 0.438. The zero-order valence-electron chi connectivity index (χ0n) is 38.9. The number of halogens is 1. The van der Waals surface area contributed by atoms with Gasteiger partial charge in [-0.25, -0.2) is 18.2 Å². The number of piperidine rings is 2. The molecule has 1 saturated carbocycles. The van der Waals surface area contributed by atoms with E-state index in [0.29, 0.717) is 63.6 Å². The molecule has 4 fully saturated rings. The molecule has 4 aliphatic rings. The number of sulfonamides is 1. The van der Waals surface area contributed by atoms with Crippen molar-refractivity contribution in [3.05, 3.63) is 87.1 Å². The van der Waals surface area contributed by atoms with Crippen molar-refractivity contribution < 1.29 is 22.7 Å². The number of anilines is 6. The lowest BCUT2D eigenvalue weighted by molar-refractivity contribution is -0.135. The second-order valence-electron chi connectivity index (χ2n) is 18.3. The maximum atomic E-state index is 13.7. The van der Waals surface area contributed by atoms with Gasteiger partial charge in [-0.1, -0.05) is 12.1 Å². The summed E-state index contributed by atoms with van der Waals surface area (Å²) in [4.78, 5) is 64.1. The summed E-state index contributed by atoms with van der Waals surface area (Å²) < 4.78 is 37.3. The Morgan fingerprint density at radius 2 is 1.68 bits per heavy atom. The SMILES string of the molecule is CCn1c(=O)n(C2CCC(=O)NC2=O)c2cccc(CCN3CCN(C4CCN(c5cc(OC)c(Nc6ncc(Br)c(Nc7ccc8nccnc8c7NS(C)(=O)=O)n6)cc5C5CC5)CC4)CC3)c21. The van der Waals surface area contributed by atoms with Gasteiger partial charge in [0.05, 0.1) is 51.5 Å². The zero-order chi connectivity index (χ0) is 48.0. The summed E-state index contributed by atoms with van der Waals surface area (Å²) in [7, 11) is -1.98. The van der Waals surface area contributed by atoms with E-state index in [2.05, 4.69) is 84.5 Å². The van der Waals surface area contributed by atoms with Gasteiger partial charge in [0.25, 0.3) is 0 Å². The number of imide groups is 1. The Morgan fingerprint density at radius 1 is 0.899 bits per heavy atom. The Labute approximate surface area is 408 Å². The lowest BCUT2D eigenvalue weighted by Crippen LogP contribution is -2.53. The highest BCUT2D eigenvalue weighted by atomic mass is 79.9. The quantitative estimate of drug-likeness (QED) is 0.0886. The number of para-hydroxylation sites is 1. The predicted molar refractivity (Wildman–Crippen MR) is 270 cm³/mol. The van der Waals surface area contributed by atoms with E-state index in [1.165, 1.54) is 17.4 Å². The van der Waals surface area contributed by atoms with Crippen LogP contribution in [0.3, 0.4) is 0 Å². The van der Waals surface area contributed by atoms with Gasteiger partial charge in [-0.05, 0) is 103 Å². The van der Waals surface area contributed by atoms with Gasteiger partial charge in [-0.3, -0.25) is 43.6 Å². The summed E-state index contributed by atoms with van der Waals surface area (Å²) in [6.07, 6.45) is 11.5. The molecule has 4 N–H and O–H groups in total. The maximum absolute atomic E-state index is 13.7. The monoisotopic (exact) mass is 1020 g/mol. The number of fused-ring (bicyclic) bond motifs is 2. The van der Waals surface area contributed by atoms with Gasteiger partial charge in [0.2, 0.25) is 27.8 Å². The van der Waals surface area contributed by atoms with Crippen LogP contribution in [0.5, 0.6) is 5.75 Å². The molecule has 0 spiro atoms. The normalized spacial score (nSPS) is 18.7. The number of amides is 2. The number of aromatic nitrogens is 6. The Morgan fingerprint density at radius 3 is 2.41 bits per heavy atom. The summed E-state index contributed by atoms with van der Waals surface area (Å²) in [6, 6.07) is 13.6. The highest BCUT2D eigenvalue weighted by molar-refractivity contribution is 9.10. The van der Waals surface area contributed by atoms with Crippen molar-refractivity contribution in [1.82, 2.24) is 44.2 Å². The molecule has 2 amide bonds. The first-order valence-electron chi connectivity index (χ1n) is 23.6. The molecule has 1 aliphatic carbocycles. The van der Waals surface area contributed by atoms with Gasteiger partial charge in [0, 0.05) is 95.2 Å². The molecule has 10 rings (SSSR count). The number of ether oxygens (including phenoxy) is 1. The van der Waals surface area contributed by atoms with Gasteiger partial charge >= 0.3 is 5.69 Å². The summed E-state index contributed by atoms with van der Waals surface area (Å²) in [5.41, 5.74) is 7.40. The van der Waals surface area contributed by atoms with Crippen LogP contribution in [0.15, 0.2) is 70.3 Å². The van der Waals surface area contributed by atoms with Crippen molar-refractivity contribution in [3.8, 4) is 5.75 Å². The number of hydrogen-bond acceptors (Lipinski definition) is 15. The molecule has 3 saturated heterocycles. The summed E-state index contributed by atoms with van der Waals surface area (Å²) >= 11 is 3.56. The molecule has 362 valence electrons. The number of nitrogens with zero attached hydrogens (tertiary/aromatic N) is 9. The topological polar surface area (TPSA) is 214 Å². The van der Waals surface area contributed by atoms with Crippen LogP contribution in [-0.4, -0.2) is 124 Å². The van der Waals surface area contributed by atoms with Gasteiger partial charge in [-0.15, -0.1) is 0 Å². The average molecular weight is 1020 g/mol. The Bertz CT molecular complexity index is 3130. The molecule has 3 aromatic heterocycles. The summed E-state index contributed by atoms with van der Waals surface area (Å²) in [5, 5.41) is 9.09. The molecule has 21 heteroatoms. The molecule has 1 atom stereocenters. The third kappa shape index (κ3) is 9.73. The highest BCUT2D eigenvalue weighted by Gasteiger charge is 2.34. The Balaban J connectivity index is 0.777. The second kappa shape index (κ2) is 19.3. The molecule has 69 heavy (non-hydrogen) atoms. The average Bonchev–Trinajstić information content (AvgIpc) is 4.15. The second-order valence-corrected chi connectivity index (χ2v) is 20.9. The minimum Gasteiger partial charge on any atom is -0.494 e. The first-order valence-corrected chi connectivity index (χ1v) is 26.3. The number of imidazole rings is 1. The smallest absolute Gasteiger partial charge is 0.329 e. The lowest BCUT2D eigenvalue weighted by Gasteiger charge is -2.43. The van der Waals surface area contributed by atoms with Crippen molar-refractivity contribution >= 4 is 94.4 Å². The van der Waals surface area contributed by atoms with E-state index in [-0.39, 0.29) is 23.7 Å². The molecule has 3 aliphatic heterocycles. The number of hydrogen-bond donors (Lipinski definition) is 4. The van der Waals surface area contributed by atoms with Crippen molar-refractivity contribution in [3.63, 3.8) is 0 Å². The molecule has 19 nitrogen and oxygen atoms in total. The molecular formula is C48H56BrN13O6S. The lowest BCUT2D eigenvalue weighted by atomic mass is 9.98. The predicted octanol–water partition coefficient (Wildman–Crippen LogP) is 5.87. The minimum absolute atomic E-state index is 0.208. The molecule has 6 aromatic rings. The van der Waals surface area contributed by atoms with Gasteiger partial charge < -0.3 is 25.2 Å². The van der Waals surface area contributed by atoms with Crippen LogP contribution in [-0.2, 0) is 32.6 Å². The van der Waals surface area contributed by atoms with Gasteiger partial charge in [0.1, 0.15) is 23.1 Å². The van der Waals surface area contributed by atoms with Crippen LogP contribution in [0.2, 0.25) is 0 Å². The van der Waals surface area contributed by atoms with Gasteiger partial charge in [0.15, 0.2) is 0 Å². The number of rotatable bonds is 15. The first-order chi connectivity index (χ1) is 33.3. The number of benzene rings is 3. The van der Waals surface area contributed by atoms with Crippen molar-refractivity contribution in [1.29, 1.82) is 0 Å². The standard InChI is InChI=1S/C48H56BrN13O6S/c1-4-61-44-30(6-5-7-37(44)62(48(61)65)38-12-13-41(63)55-46(38)64)14-19-58-22-24-59(25-23-58)31-15-20-60(21-16-31)39-27-40(68-2)36(26-32(39)29-8-9-29)54-47-52-28-33(49)45(56-47)53-35-11-10-34-42(51-18-17-50-34)43(35)57-69(3,66)67/h5-7,10-11,17-18,26-29,31,38,57H,4,8-9,12-16,19-25H2,1-3H3,(H,55,63,64)(H2,52,53,54,56). The zero-order valence-corrected chi connectivity index (χ0v) is 41.3. The third-order valence-electron chi connectivity index (χ3n) is 13.9. The molecular weight excluding hydrogens is 967 g/mol. The van der Waals surface area contributed by atoms with E-state index >= 15 is 0 Å². The number of methoxy groups -OCH3 is 1. The number of aryl methyl sites for hydroxylation is 1. The first kappa shape index (κ1) is 46.6. The Hall–Kier alpha value is -6.16. The van der Waals surface area contributed by atoms with Crippen LogP contribution < -0.4 is 36.0 Å². The van der Waals surface area contributed by atoms with Crippen molar-refractivity contribution in [2.75, 3.05) is 79.4 Å². The highest BCUT2D eigenvalue weighted by Crippen LogP contribution is 2.48. The van der Waals surface area contributed by atoms with E-state index in [4.69, 9.17) is 9.72 Å². The van der Waals surface area contributed by atoms with Gasteiger partial charge in [-0.2, -0.15) is 4.98 Å². The molecule has 3 aromatic carbocycles. The van der Waals surface area contributed by atoms with E-state index in [0.717, 1.165) is 106 Å². The van der Waals surface area contributed by atoms with E-state index in [1.807, 2.05) is 19.1 Å². The molecule has 0 bridgehead atoms. The van der Waals surface area contributed by atoms with Crippen molar-refractivity contribution in [2.45, 2.75) is 76.4 Å². The van der Waals surface area contributed by atoms with E-state index in [9.17, 15) is 22.8 Å². The van der Waals surface area contributed by atoms with Crippen molar-refractivity contribution in [2.24, 2.45) is 0 Å². The maximum Gasteiger partial charge on any atom is 0.329 e. The summed E-state index contributed by atoms with van der Waals surface area (Å²) in [5.74, 6) is 1.17. The minimum atomic E-state index is -3.65. The van der Waals surface area contributed by atoms with Crippen LogP contribution >= 0.6 is 15.9 Å². The largest absolute Gasteiger partial charge is 0.494 e. The fourth-order valence-corrected chi connectivity index (χ4v) is 11.1. The Kier molecular flexibility index (Phi) is 13.0. The third-order valence-corrected chi connectivity index (χ3v) is 15.0. The van der Waals surface area contributed by atoms with E-state index in [1.54, 1.807) is 40.8 Å². The molecule has 1 unspecified atom stereocenters. The molecule has 0 radical (unpaired) electrons.